The molecule has 0 spiro atoms. The Hall–Kier alpha value is -0.590. The molecule has 0 aliphatic carbocycles. The van der Waals surface area contributed by atoms with Crippen molar-refractivity contribution in [1.82, 2.24) is 4.90 Å². The van der Waals surface area contributed by atoms with Gasteiger partial charge < -0.3 is 4.74 Å². The molecule has 1 saturated heterocycles. The molecule has 0 N–H and O–H groups in total. The van der Waals surface area contributed by atoms with Gasteiger partial charge in [0.05, 0.1) is 12.7 Å². The molecule has 0 aromatic heterocycles. The normalized spacial score (nSPS) is 21.8. The van der Waals surface area contributed by atoms with E-state index >= 15 is 0 Å². The van der Waals surface area contributed by atoms with E-state index in [1.54, 1.807) is 0 Å². The summed E-state index contributed by atoms with van der Waals surface area (Å²) < 4.78 is 5.38. The van der Waals surface area contributed by atoms with Crippen molar-refractivity contribution < 1.29 is 4.74 Å². The average molecular weight is 196 g/mol. The van der Waals surface area contributed by atoms with Gasteiger partial charge in [-0.3, -0.25) is 4.90 Å². The molecule has 3 heteroatoms. The van der Waals surface area contributed by atoms with E-state index in [9.17, 15) is 0 Å². The van der Waals surface area contributed by atoms with Crippen molar-refractivity contribution in [3.8, 4) is 6.07 Å². The molecule has 80 valence electrons. The largest absolute Gasteiger partial charge is 0.380 e. The van der Waals surface area contributed by atoms with Gasteiger partial charge in [-0.05, 0) is 12.3 Å². The summed E-state index contributed by atoms with van der Waals surface area (Å²) in [6.45, 7) is 8.13. The van der Waals surface area contributed by atoms with Crippen LogP contribution in [0.15, 0.2) is 0 Å². The summed E-state index contributed by atoms with van der Waals surface area (Å²) >= 11 is 0. The average Bonchev–Trinajstić information content (AvgIpc) is 2.64. The lowest BCUT2D eigenvalue weighted by molar-refractivity contribution is 0.136. The van der Waals surface area contributed by atoms with Crippen LogP contribution in [0, 0.1) is 17.2 Å². The van der Waals surface area contributed by atoms with Gasteiger partial charge in [0.15, 0.2) is 0 Å². The first-order chi connectivity index (χ1) is 6.74. The molecule has 0 bridgehead atoms. The Labute approximate surface area is 86.6 Å². The lowest BCUT2D eigenvalue weighted by Crippen LogP contribution is -2.38. The number of hydrogen-bond donors (Lipinski definition) is 0. The maximum absolute atomic E-state index is 8.58. The molecule has 0 aromatic carbocycles. The van der Waals surface area contributed by atoms with Crippen LogP contribution in [0.5, 0.6) is 0 Å². The molecule has 0 radical (unpaired) electrons. The second-order valence-corrected chi connectivity index (χ2v) is 4.31. The fourth-order valence-corrected chi connectivity index (χ4v) is 1.90. The number of hydrogen-bond acceptors (Lipinski definition) is 3. The molecular formula is C11H20N2O. The summed E-state index contributed by atoms with van der Waals surface area (Å²) in [5, 5.41) is 8.58. The zero-order valence-corrected chi connectivity index (χ0v) is 9.20. The minimum atomic E-state index is 0.547. The molecule has 1 aliphatic rings. The van der Waals surface area contributed by atoms with E-state index in [1.807, 2.05) is 0 Å². The predicted molar refractivity (Wildman–Crippen MR) is 55.9 cm³/mol. The van der Waals surface area contributed by atoms with Crippen LogP contribution in [0.2, 0.25) is 0 Å². The SMILES string of the molecule is CC(C)CN(CCC#N)C1CCOC1. The molecule has 1 fully saturated rings. The van der Waals surface area contributed by atoms with Crippen LogP contribution in [-0.2, 0) is 4.74 Å². The Bertz CT molecular complexity index is 192. The van der Waals surface area contributed by atoms with Crippen molar-refractivity contribution in [1.29, 1.82) is 5.26 Å². The van der Waals surface area contributed by atoms with Crippen molar-refractivity contribution in [2.45, 2.75) is 32.7 Å². The Morgan fingerprint density at radius 1 is 1.57 bits per heavy atom. The highest BCUT2D eigenvalue weighted by Gasteiger charge is 2.23. The van der Waals surface area contributed by atoms with E-state index in [1.165, 1.54) is 0 Å². The fourth-order valence-electron chi connectivity index (χ4n) is 1.90. The topological polar surface area (TPSA) is 36.3 Å². The molecular weight excluding hydrogens is 176 g/mol. The maximum atomic E-state index is 8.58. The van der Waals surface area contributed by atoms with Gasteiger partial charge in [0.1, 0.15) is 0 Å². The molecule has 1 heterocycles. The zero-order valence-electron chi connectivity index (χ0n) is 9.20. The van der Waals surface area contributed by atoms with Gasteiger partial charge in [-0.1, -0.05) is 13.8 Å². The van der Waals surface area contributed by atoms with Crippen LogP contribution in [-0.4, -0.2) is 37.2 Å². The van der Waals surface area contributed by atoms with Crippen LogP contribution in [0.1, 0.15) is 26.7 Å². The molecule has 1 aliphatic heterocycles. The lowest BCUT2D eigenvalue weighted by atomic mass is 10.1. The van der Waals surface area contributed by atoms with E-state index in [4.69, 9.17) is 10.00 Å². The summed E-state index contributed by atoms with van der Waals surface area (Å²) in [7, 11) is 0. The molecule has 0 aromatic rings. The molecule has 1 rings (SSSR count). The second-order valence-electron chi connectivity index (χ2n) is 4.31. The lowest BCUT2D eigenvalue weighted by Gasteiger charge is -2.28. The summed E-state index contributed by atoms with van der Waals surface area (Å²) in [6, 6.07) is 2.76. The quantitative estimate of drug-likeness (QED) is 0.670. The molecule has 1 unspecified atom stereocenters. The van der Waals surface area contributed by atoms with Gasteiger partial charge in [-0.15, -0.1) is 0 Å². The van der Waals surface area contributed by atoms with E-state index in [2.05, 4.69) is 24.8 Å². The third-order valence-corrected chi connectivity index (χ3v) is 2.53. The standard InChI is InChI=1S/C11H20N2O/c1-10(2)8-13(6-3-5-12)11-4-7-14-9-11/h10-11H,3-4,6-9H2,1-2H3. The van der Waals surface area contributed by atoms with Crippen LogP contribution in [0.25, 0.3) is 0 Å². The van der Waals surface area contributed by atoms with Crippen LogP contribution in [0.3, 0.4) is 0 Å². The second kappa shape index (κ2) is 6.00. The predicted octanol–water partition coefficient (Wildman–Crippen LogP) is 1.65. The van der Waals surface area contributed by atoms with Crippen molar-refractivity contribution >= 4 is 0 Å². The number of nitriles is 1. The number of ether oxygens (including phenoxy) is 1. The van der Waals surface area contributed by atoms with Crippen LogP contribution < -0.4 is 0 Å². The van der Waals surface area contributed by atoms with Gasteiger partial charge >= 0.3 is 0 Å². The van der Waals surface area contributed by atoms with Gasteiger partial charge in [0.2, 0.25) is 0 Å². The van der Waals surface area contributed by atoms with Gasteiger partial charge in [-0.2, -0.15) is 5.26 Å². The number of rotatable bonds is 5. The Kier molecular flexibility index (Phi) is 4.92. The fraction of sp³-hybridized carbons (Fsp3) is 0.909. The van der Waals surface area contributed by atoms with Gasteiger partial charge in [-0.25, -0.2) is 0 Å². The first-order valence-electron chi connectivity index (χ1n) is 5.42. The molecule has 14 heavy (non-hydrogen) atoms. The third kappa shape index (κ3) is 3.65. The summed E-state index contributed by atoms with van der Waals surface area (Å²) in [6.07, 6.45) is 1.75. The summed E-state index contributed by atoms with van der Waals surface area (Å²) in [5.41, 5.74) is 0. The number of nitrogens with zero attached hydrogens (tertiary/aromatic N) is 2. The minimum absolute atomic E-state index is 0.547. The van der Waals surface area contributed by atoms with Crippen molar-refractivity contribution in [3.05, 3.63) is 0 Å². The first-order valence-corrected chi connectivity index (χ1v) is 5.42. The Morgan fingerprint density at radius 2 is 2.36 bits per heavy atom. The minimum Gasteiger partial charge on any atom is -0.380 e. The van der Waals surface area contributed by atoms with E-state index in [0.717, 1.165) is 32.7 Å². The molecule has 1 atom stereocenters. The van der Waals surface area contributed by atoms with Crippen molar-refractivity contribution in [2.24, 2.45) is 5.92 Å². The van der Waals surface area contributed by atoms with Crippen molar-refractivity contribution in [2.75, 3.05) is 26.3 Å². The monoisotopic (exact) mass is 196 g/mol. The zero-order chi connectivity index (χ0) is 10.4. The molecule has 0 amide bonds. The Balaban J connectivity index is 2.38. The molecule has 0 saturated carbocycles. The van der Waals surface area contributed by atoms with Gasteiger partial charge in [0.25, 0.3) is 0 Å². The van der Waals surface area contributed by atoms with E-state index in [-0.39, 0.29) is 0 Å². The molecule has 3 nitrogen and oxygen atoms in total. The first kappa shape index (κ1) is 11.5. The highest BCUT2D eigenvalue weighted by Crippen LogP contribution is 2.14. The summed E-state index contributed by atoms with van der Waals surface area (Å²) in [5.74, 6) is 0.661. The Morgan fingerprint density at radius 3 is 2.86 bits per heavy atom. The van der Waals surface area contributed by atoms with Gasteiger partial charge in [0, 0.05) is 32.2 Å². The van der Waals surface area contributed by atoms with E-state index < -0.39 is 0 Å². The van der Waals surface area contributed by atoms with Crippen molar-refractivity contribution in [3.63, 3.8) is 0 Å². The van der Waals surface area contributed by atoms with E-state index in [0.29, 0.717) is 18.4 Å². The van der Waals surface area contributed by atoms with Crippen LogP contribution >= 0.6 is 0 Å². The maximum Gasteiger partial charge on any atom is 0.0635 e. The smallest absolute Gasteiger partial charge is 0.0635 e. The van der Waals surface area contributed by atoms with Crippen LogP contribution in [0.4, 0.5) is 0 Å². The summed E-state index contributed by atoms with van der Waals surface area (Å²) in [4.78, 5) is 2.40. The highest BCUT2D eigenvalue weighted by molar-refractivity contribution is 4.80. The highest BCUT2D eigenvalue weighted by atomic mass is 16.5. The third-order valence-electron chi connectivity index (χ3n) is 2.53.